The van der Waals surface area contributed by atoms with Crippen LogP contribution in [0.15, 0.2) is 12.2 Å². The predicted octanol–water partition coefficient (Wildman–Crippen LogP) is 0.720. The van der Waals surface area contributed by atoms with E-state index in [-0.39, 0.29) is 13.2 Å². The van der Waals surface area contributed by atoms with Crippen LogP contribution >= 0.6 is 0 Å². The number of carbonyl (C=O) groups is 2. The molecule has 1 rings (SSSR count). The van der Waals surface area contributed by atoms with Crippen LogP contribution in [0.1, 0.15) is 6.92 Å². The van der Waals surface area contributed by atoms with Crippen LogP contribution in [0.3, 0.4) is 0 Å². The Labute approximate surface area is 155 Å². The fourth-order valence-corrected chi connectivity index (χ4v) is 2.06. The van der Waals surface area contributed by atoms with Gasteiger partial charge in [-0.2, -0.15) is 30.4 Å². The number of nitrogens with zero attached hydrogens (tertiary/aromatic N) is 1. The fraction of sp³-hybridized carbons (Fsp3) is 0.692. The molecular weight excluding hydrogens is 425 g/mol. The van der Waals surface area contributed by atoms with Gasteiger partial charge in [-0.1, -0.05) is 6.58 Å². The van der Waals surface area contributed by atoms with Gasteiger partial charge in [0.15, 0.2) is 0 Å². The van der Waals surface area contributed by atoms with Crippen molar-refractivity contribution in [3.8, 4) is 0 Å². The number of hydrogen-bond acceptors (Lipinski definition) is 7. The third kappa shape index (κ3) is 5.15. The Morgan fingerprint density at radius 3 is 2.07 bits per heavy atom. The highest BCUT2D eigenvalue weighted by molar-refractivity contribution is 7.86. The lowest BCUT2D eigenvalue weighted by Crippen LogP contribution is -2.64. The molecule has 1 saturated heterocycles. The number of esters is 1. The summed E-state index contributed by atoms with van der Waals surface area (Å²) < 4.78 is 110. The van der Waals surface area contributed by atoms with E-state index in [0.29, 0.717) is 4.90 Å². The summed E-state index contributed by atoms with van der Waals surface area (Å²) in [5.74, 6) is -8.49. The van der Waals surface area contributed by atoms with E-state index in [1.165, 1.54) is 0 Å². The number of ether oxygens (including phenoxy) is 3. The zero-order chi connectivity index (χ0) is 22.0. The van der Waals surface area contributed by atoms with E-state index in [1.54, 1.807) is 0 Å². The van der Waals surface area contributed by atoms with Crippen molar-refractivity contribution in [1.82, 2.24) is 4.90 Å². The molecule has 0 aromatic rings. The number of amides is 1. The van der Waals surface area contributed by atoms with Crippen LogP contribution in [0.4, 0.5) is 22.0 Å². The predicted molar refractivity (Wildman–Crippen MR) is 79.5 cm³/mol. The van der Waals surface area contributed by atoms with Crippen LogP contribution in [0.25, 0.3) is 0 Å². The lowest BCUT2D eigenvalue weighted by Gasteiger charge is -2.38. The highest BCUT2D eigenvalue weighted by atomic mass is 32.2. The van der Waals surface area contributed by atoms with Gasteiger partial charge in [0.2, 0.25) is 0 Å². The molecule has 9 nitrogen and oxygen atoms in total. The minimum atomic E-state index is -6.19. The summed E-state index contributed by atoms with van der Waals surface area (Å²) in [5.41, 5.74) is -0.631. The van der Waals surface area contributed by atoms with Gasteiger partial charge in [-0.15, -0.1) is 0 Å². The van der Waals surface area contributed by atoms with Gasteiger partial charge in [0, 0.05) is 18.7 Å². The molecule has 162 valence electrons. The average molecular weight is 441 g/mol. The molecule has 0 aromatic carbocycles. The second kappa shape index (κ2) is 8.26. The van der Waals surface area contributed by atoms with E-state index in [9.17, 15) is 40.0 Å². The zero-order valence-corrected chi connectivity index (χ0v) is 15.1. The maximum Gasteiger partial charge on any atom is 0.466 e. The van der Waals surface area contributed by atoms with E-state index in [1.807, 2.05) is 0 Å². The molecule has 1 aliphatic rings. The summed E-state index contributed by atoms with van der Waals surface area (Å²) >= 11 is 0. The Bertz CT molecular complexity index is 732. The zero-order valence-electron chi connectivity index (χ0n) is 14.3. The molecule has 0 saturated carbocycles. The van der Waals surface area contributed by atoms with Gasteiger partial charge in [-0.25, -0.2) is 4.79 Å². The molecule has 1 amide bonds. The molecule has 1 heterocycles. The minimum absolute atomic E-state index is 0.199. The Morgan fingerprint density at radius 2 is 1.68 bits per heavy atom. The summed E-state index contributed by atoms with van der Waals surface area (Å²) in [6.45, 7) is 0.0601. The topological polar surface area (TPSA) is 119 Å². The maximum absolute atomic E-state index is 13.7. The van der Waals surface area contributed by atoms with E-state index < -0.39 is 64.5 Å². The van der Waals surface area contributed by atoms with Crippen molar-refractivity contribution in [2.75, 3.05) is 32.9 Å². The quantitative estimate of drug-likeness (QED) is 0.202. The van der Waals surface area contributed by atoms with Crippen molar-refractivity contribution >= 4 is 22.0 Å². The Kier molecular flexibility index (Phi) is 7.14. The van der Waals surface area contributed by atoms with Crippen LogP contribution < -0.4 is 0 Å². The van der Waals surface area contributed by atoms with Crippen LogP contribution in [0, 0.1) is 0 Å². The third-order valence-electron chi connectivity index (χ3n) is 3.36. The molecule has 1 unspecified atom stereocenters. The van der Waals surface area contributed by atoms with Gasteiger partial charge >= 0.3 is 39.2 Å². The van der Waals surface area contributed by atoms with Crippen molar-refractivity contribution in [3.63, 3.8) is 0 Å². The van der Waals surface area contributed by atoms with Gasteiger partial charge in [0.1, 0.15) is 6.61 Å². The summed E-state index contributed by atoms with van der Waals surface area (Å²) in [4.78, 5) is 24.6. The number of carbonyl (C=O) groups excluding carboxylic acids is 2. The number of morpholine rings is 1. The Hall–Kier alpha value is -1.84. The molecule has 1 fully saturated rings. The largest absolute Gasteiger partial charge is 0.466 e. The van der Waals surface area contributed by atoms with Crippen molar-refractivity contribution < 1.29 is 58.7 Å². The number of hydrogen-bond donors (Lipinski definition) is 1. The minimum Gasteiger partial charge on any atom is -0.412 e. The van der Waals surface area contributed by atoms with Crippen molar-refractivity contribution in [3.05, 3.63) is 12.2 Å². The molecule has 0 bridgehead atoms. The SMILES string of the molecule is C=C(C)C(=O)OC(OCC(F)(F)S(=O)(=O)O)(C(=O)N1CCOCC1)C(F)(F)F. The molecule has 0 radical (unpaired) electrons. The molecule has 0 aromatic heterocycles. The molecular formula is C13H16F5NO8S. The van der Waals surface area contributed by atoms with Gasteiger partial charge < -0.3 is 19.1 Å². The van der Waals surface area contributed by atoms with Crippen molar-refractivity contribution in [2.45, 2.75) is 24.1 Å². The van der Waals surface area contributed by atoms with Crippen molar-refractivity contribution in [2.24, 2.45) is 0 Å². The van der Waals surface area contributed by atoms with Crippen LogP contribution in [-0.4, -0.2) is 79.9 Å². The standard InChI is InChI=1S/C13H16F5NO8S/c1-8(2)9(20)27-12(13(16,17)18,10(21)19-3-5-25-6-4-19)26-7-11(14,15)28(22,23)24/h1,3-7H2,2H3,(H,22,23,24). The number of halogens is 5. The maximum atomic E-state index is 13.7. The smallest absolute Gasteiger partial charge is 0.412 e. The molecule has 15 heteroatoms. The average Bonchev–Trinajstić information content (AvgIpc) is 2.56. The normalized spacial score (nSPS) is 18.3. The van der Waals surface area contributed by atoms with E-state index in [4.69, 9.17) is 9.29 Å². The summed E-state index contributed by atoms with van der Waals surface area (Å²) in [7, 11) is -6.19. The molecule has 1 N–H and O–H groups in total. The lowest BCUT2D eigenvalue weighted by molar-refractivity contribution is -0.356. The van der Waals surface area contributed by atoms with Gasteiger partial charge in [-0.05, 0) is 6.92 Å². The molecule has 0 aliphatic carbocycles. The second-order valence-corrected chi connectivity index (χ2v) is 7.14. The lowest BCUT2D eigenvalue weighted by atomic mass is 10.2. The van der Waals surface area contributed by atoms with Crippen molar-refractivity contribution in [1.29, 1.82) is 0 Å². The van der Waals surface area contributed by atoms with Gasteiger partial charge in [-0.3, -0.25) is 9.35 Å². The monoisotopic (exact) mass is 441 g/mol. The fourth-order valence-electron chi connectivity index (χ4n) is 1.85. The van der Waals surface area contributed by atoms with E-state index >= 15 is 0 Å². The highest BCUT2D eigenvalue weighted by Crippen LogP contribution is 2.39. The number of alkyl halides is 5. The van der Waals surface area contributed by atoms with E-state index in [0.717, 1.165) is 6.92 Å². The summed E-state index contributed by atoms with van der Waals surface area (Å²) in [6.07, 6.45) is -5.90. The van der Waals surface area contributed by atoms with Gasteiger partial charge in [0.25, 0.3) is 0 Å². The van der Waals surface area contributed by atoms with Crippen LogP contribution in [0.2, 0.25) is 0 Å². The first-order valence-electron chi connectivity index (χ1n) is 7.36. The second-order valence-electron chi connectivity index (χ2n) is 5.59. The molecule has 28 heavy (non-hydrogen) atoms. The first kappa shape index (κ1) is 24.2. The van der Waals surface area contributed by atoms with E-state index in [2.05, 4.69) is 16.1 Å². The first-order valence-corrected chi connectivity index (χ1v) is 8.80. The molecule has 1 aliphatic heterocycles. The molecule has 0 spiro atoms. The van der Waals surface area contributed by atoms with Crippen LogP contribution in [0.5, 0.6) is 0 Å². The Balaban J connectivity index is 3.41. The highest BCUT2D eigenvalue weighted by Gasteiger charge is 2.68. The molecule has 1 atom stereocenters. The Morgan fingerprint density at radius 1 is 1.18 bits per heavy atom. The van der Waals surface area contributed by atoms with Gasteiger partial charge in [0.05, 0.1) is 13.2 Å². The van der Waals surface area contributed by atoms with Crippen LogP contribution in [-0.2, 0) is 33.9 Å². The summed E-state index contributed by atoms with van der Waals surface area (Å²) in [5, 5.41) is -5.23. The summed E-state index contributed by atoms with van der Waals surface area (Å²) in [6, 6.07) is 0. The first-order chi connectivity index (χ1) is 12.6. The number of rotatable bonds is 7. The third-order valence-corrected chi connectivity index (χ3v) is 4.23.